The zero-order valence-electron chi connectivity index (χ0n) is 17.3. The van der Waals surface area contributed by atoms with E-state index in [9.17, 15) is 9.59 Å². The normalized spacial score (nSPS) is 18.2. The molecule has 1 N–H and O–H groups in total. The number of anilines is 1. The summed E-state index contributed by atoms with van der Waals surface area (Å²) in [4.78, 5) is 28.0. The largest absolute Gasteiger partial charge is 0.448 e. The minimum Gasteiger partial charge on any atom is -0.448 e. The number of ether oxygens (including phenoxy) is 2. The molecule has 0 bridgehead atoms. The zero-order chi connectivity index (χ0) is 20.9. The second kappa shape index (κ2) is 9.62. The van der Waals surface area contributed by atoms with E-state index in [2.05, 4.69) is 10.2 Å². The van der Waals surface area contributed by atoms with Gasteiger partial charge < -0.3 is 19.7 Å². The number of morpholine rings is 1. The van der Waals surface area contributed by atoms with Crippen LogP contribution in [0.4, 0.5) is 5.00 Å². The van der Waals surface area contributed by atoms with Crippen molar-refractivity contribution in [1.29, 1.82) is 0 Å². The average molecular weight is 429 g/mol. The van der Waals surface area contributed by atoms with Crippen LogP contribution in [0.3, 0.4) is 0 Å². The van der Waals surface area contributed by atoms with E-state index in [1.165, 1.54) is 11.3 Å². The number of nitrogens with zero attached hydrogens (tertiary/aromatic N) is 1. The van der Waals surface area contributed by atoms with Crippen LogP contribution in [0.25, 0.3) is 11.1 Å². The van der Waals surface area contributed by atoms with Crippen LogP contribution in [-0.4, -0.2) is 50.3 Å². The summed E-state index contributed by atoms with van der Waals surface area (Å²) in [5.74, 6) is -0.672. The molecule has 0 radical (unpaired) electrons. The van der Waals surface area contributed by atoms with Crippen LogP contribution >= 0.6 is 11.3 Å². The van der Waals surface area contributed by atoms with E-state index in [-0.39, 0.29) is 11.9 Å². The molecule has 0 spiro atoms. The lowest BCUT2D eigenvalue weighted by Crippen LogP contribution is -2.40. The Hall–Kier alpha value is -2.38. The van der Waals surface area contributed by atoms with Gasteiger partial charge in [0, 0.05) is 24.7 Å². The summed E-state index contributed by atoms with van der Waals surface area (Å²) in [6.07, 6.45) is 3.47. The number of amides is 1. The van der Waals surface area contributed by atoms with Gasteiger partial charge in [-0.2, -0.15) is 0 Å². The Morgan fingerprint density at radius 1 is 1.17 bits per heavy atom. The first-order valence-electron chi connectivity index (χ1n) is 10.6. The van der Waals surface area contributed by atoms with E-state index in [0.29, 0.717) is 18.1 Å². The minimum atomic E-state index is -0.813. The summed E-state index contributed by atoms with van der Waals surface area (Å²) in [6, 6.07) is 12.1. The number of carbonyl (C=O) groups excluding carboxylic acids is 2. The summed E-state index contributed by atoms with van der Waals surface area (Å²) >= 11 is 1.42. The number of esters is 1. The molecule has 1 aliphatic heterocycles. The van der Waals surface area contributed by atoms with Gasteiger partial charge in [-0.05, 0) is 31.4 Å². The highest BCUT2D eigenvalue weighted by Crippen LogP contribution is 2.39. The highest BCUT2D eigenvalue weighted by atomic mass is 32.1. The molecular formula is C23H28N2O4S. The third-order valence-electron chi connectivity index (χ3n) is 5.65. The number of rotatable bonds is 6. The molecule has 7 heteroatoms. The van der Waals surface area contributed by atoms with Crippen molar-refractivity contribution in [1.82, 2.24) is 5.32 Å². The number of hydrogen-bond acceptors (Lipinski definition) is 6. The van der Waals surface area contributed by atoms with Crippen molar-refractivity contribution >= 4 is 28.2 Å². The maximum Gasteiger partial charge on any atom is 0.349 e. The van der Waals surface area contributed by atoms with E-state index < -0.39 is 12.1 Å². The fourth-order valence-corrected chi connectivity index (χ4v) is 5.08. The van der Waals surface area contributed by atoms with Gasteiger partial charge >= 0.3 is 5.97 Å². The lowest BCUT2D eigenvalue weighted by molar-refractivity contribution is -0.129. The molecule has 6 nitrogen and oxygen atoms in total. The number of carbonyl (C=O) groups is 2. The van der Waals surface area contributed by atoms with Gasteiger partial charge in [-0.25, -0.2) is 4.79 Å². The Bertz CT molecular complexity index is 871. The lowest BCUT2D eigenvalue weighted by atomic mass is 10.1. The summed E-state index contributed by atoms with van der Waals surface area (Å²) < 4.78 is 11.0. The Labute approximate surface area is 181 Å². The summed E-state index contributed by atoms with van der Waals surface area (Å²) in [6.45, 7) is 4.55. The highest BCUT2D eigenvalue weighted by Gasteiger charge is 2.26. The van der Waals surface area contributed by atoms with Crippen LogP contribution in [-0.2, 0) is 14.3 Å². The molecular weight excluding hydrogens is 400 g/mol. The molecule has 160 valence electrons. The zero-order valence-corrected chi connectivity index (χ0v) is 18.1. The quantitative estimate of drug-likeness (QED) is 0.708. The average Bonchev–Trinajstić information content (AvgIpc) is 3.45. The third kappa shape index (κ3) is 4.84. The van der Waals surface area contributed by atoms with E-state index >= 15 is 0 Å². The minimum absolute atomic E-state index is 0.206. The van der Waals surface area contributed by atoms with Crippen LogP contribution in [0.2, 0.25) is 0 Å². The monoisotopic (exact) mass is 428 g/mol. The molecule has 1 aromatic carbocycles. The van der Waals surface area contributed by atoms with Crippen LogP contribution in [0.1, 0.15) is 42.3 Å². The smallest absolute Gasteiger partial charge is 0.349 e. The van der Waals surface area contributed by atoms with Crippen molar-refractivity contribution in [3.8, 4) is 11.1 Å². The van der Waals surface area contributed by atoms with Gasteiger partial charge in [0.05, 0.1) is 18.2 Å². The Morgan fingerprint density at radius 2 is 1.87 bits per heavy atom. The Balaban J connectivity index is 1.50. The topological polar surface area (TPSA) is 67.9 Å². The van der Waals surface area contributed by atoms with Crippen molar-refractivity contribution < 1.29 is 19.1 Å². The number of hydrogen-bond donors (Lipinski definition) is 1. The van der Waals surface area contributed by atoms with Gasteiger partial charge in [-0.1, -0.05) is 43.2 Å². The van der Waals surface area contributed by atoms with Gasteiger partial charge in [0.15, 0.2) is 6.10 Å². The SMILES string of the molecule is C[C@@H](OC(=O)c1cc(-c2ccccc2)c(N2CCOCC2)s1)C(=O)NC1CCCC1. The van der Waals surface area contributed by atoms with E-state index in [0.717, 1.165) is 54.9 Å². The molecule has 30 heavy (non-hydrogen) atoms. The molecule has 2 fully saturated rings. The van der Waals surface area contributed by atoms with Gasteiger partial charge in [-0.15, -0.1) is 11.3 Å². The van der Waals surface area contributed by atoms with Gasteiger partial charge in [-0.3, -0.25) is 4.79 Å². The summed E-state index contributed by atoms with van der Waals surface area (Å²) in [7, 11) is 0. The first kappa shape index (κ1) is 20.9. The van der Waals surface area contributed by atoms with Gasteiger partial charge in [0.2, 0.25) is 0 Å². The van der Waals surface area contributed by atoms with Crippen molar-refractivity contribution in [3.63, 3.8) is 0 Å². The summed E-state index contributed by atoms with van der Waals surface area (Å²) in [5, 5.41) is 4.04. The molecule has 2 heterocycles. The first-order valence-corrected chi connectivity index (χ1v) is 11.5. The molecule has 4 rings (SSSR count). The highest BCUT2D eigenvalue weighted by molar-refractivity contribution is 7.18. The number of thiophene rings is 1. The van der Waals surface area contributed by atoms with Crippen LogP contribution in [0.5, 0.6) is 0 Å². The van der Waals surface area contributed by atoms with Gasteiger partial charge in [0.25, 0.3) is 5.91 Å². The molecule has 2 aromatic rings. The second-order valence-electron chi connectivity index (χ2n) is 7.83. The van der Waals surface area contributed by atoms with Gasteiger partial charge in [0.1, 0.15) is 4.88 Å². The van der Waals surface area contributed by atoms with Crippen LogP contribution in [0.15, 0.2) is 36.4 Å². The number of nitrogens with one attached hydrogen (secondary N) is 1. The van der Waals surface area contributed by atoms with Crippen molar-refractivity contribution in [2.24, 2.45) is 0 Å². The van der Waals surface area contributed by atoms with E-state index in [4.69, 9.17) is 9.47 Å². The molecule has 1 aliphatic carbocycles. The molecule has 0 unspecified atom stereocenters. The second-order valence-corrected chi connectivity index (χ2v) is 8.86. The molecule has 1 amide bonds. The third-order valence-corrected chi connectivity index (χ3v) is 6.83. The van der Waals surface area contributed by atoms with Crippen LogP contribution < -0.4 is 10.2 Å². The first-order chi connectivity index (χ1) is 14.6. The Kier molecular flexibility index (Phi) is 6.69. The predicted molar refractivity (Wildman–Crippen MR) is 118 cm³/mol. The molecule has 2 aliphatic rings. The molecule has 1 aromatic heterocycles. The van der Waals surface area contributed by atoms with E-state index in [1.807, 2.05) is 36.4 Å². The van der Waals surface area contributed by atoms with E-state index in [1.54, 1.807) is 6.92 Å². The van der Waals surface area contributed by atoms with Crippen LogP contribution in [0, 0.1) is 0 Å². The fraction of sp³-hybridized carbons (Fsp3) is 0.478. The Morgan fingerprint density at radius 3 is 2.57 bits per heavy atom. The predicted octanol–water partition coefficient (Wildman–Crippen LogP) is 3.86. The lowest BCUT2D eigenvalue weighted by Gasteiger charge is -2.28. The molecule has 1 saturated carbocycles. The molecule has 1 atom stereocenters. The summed E-state index contributed by atoms with van der Waals surface area (Å²) in [5.41, 5.74) is 2.07. The maximum absolute atomic E-state index is 12.8. The fourth-order valence-electron chi connectivity index (χ4n) is 3.97. The van der Waals surface area contributed by atoms with Crippen molar-refractivity contribution in [2.75, 3.05) is 31.2 Å². The number of benzene rings is 1. The maximum atomic E-state index is 12.8. The standard InChI is InChI=1S/C23H28N2O4S/c1-16(21(26)24-18-9-5-6-10-18)29-23(27)20-15-19(17-7-3-2-4-8-17)22(30-20)25-11-13-28-14-12-25/h2-4,7-8,15-16,18H,5-6,9-14H2,1H3,(H,24,26)/t16-/m1/s1. The molecule has 1 saturated heterocycles. The van der Waals surface area contributed by atoms with Crippen molar-refractivity contribution in [2.45, 2.75) is 44.8 Å². The van der Waals surface area contributed by atoms with Crippen molar-refractivity contribution in [3.05, 3.63) is 41.3 Å².